The lowest BCUT2D eigenvalue weighted by Crippen LogP contribution is -2.42. The second kappa shape index (κ2) is 7.49. The second-order valence-corrected chi connectivity index (χ2v) is 7.13. The van der Waals surface area contributed by atoms with Crippen molar-refractivity contribution < 1.29 is 9.53 Å². The lowest BCUT2D eigenvalue weighted by atomic mass is 10.0. The van der Waals surface area contributed by atoms with Crippen molar-refractivity contribution in [3.8, 4) is 0 Å². The highest BCUT2D eigenvalue weighted by Gasteiger charge is 2.35. The van der Waals surface area contributed by atoms with Crippen LogP contribution in [0.2, 0.25) is 0 Å². The molecule has 0 aromatic carbocycles. The Balaban J connectivity index is 1.44. The van der Waals surface area contributed by atoms with Crippen LogP contribution < -0.4 is 0 Å². The van der Waals surface area contributed by atoms with E-state index in [1.165, 1.54) is 19.2 Å². The van der Waals surface area contributed by atoms with Crippen molar-refractivity contribution in [2.24, 2.45) is 13.0 Å². The monoisotopic (exact) mass is 356 g/mol. The molecule has 138 valence electrons. The Morgan fingerprint density at radius 2 is 2.08 bits per heavy atom. The van der Waals surface area contributed by atoms with E-state index in [9.17, 15) is 4.79 Å². The highest BCUT2D eigenvalue weighted by Crippen LogP contribution is 2.32. The van der Waals surface area contributed by atoms with Crippen LogP contribution in [-0.2, 0) is 29.4 Å². The highest BCUT2D eigenvalue weighted by atomic mass is 16.5. The number of nitrogens with zero attached hydrogens (tertiary/aromatic N) is 6. The molecule has 4 rings (SSSR count). The largest absolute Gasteiger partial charge is 0.379 e. The van der Waals surface area contributed by atoms with Crippen LogP contribution in [0, 0.1) is 5.92 Å². The molecule has 1 unspecified atom stereocenters. The first-order valence-electron chi connectivity index (χ1n) is 9.22. The zero-order valence-corrected chi connectivity index (χ0v) is 15.0. The van der Waals surface area contributed by atoms with Crippen LogP contribution >= 0.6 is 0 Å². The van der Waals surface area contributed by atoms with Crippen molar-refractivity contribution in [3.63, 3.8) is 0 Å². The number of hydrogen-bond donors (Lipinski definition) is 0. The Labute approximate surface area is 152 Å². The fourth-order valence-electron chi connectivity index (χ4n) is 3.42. The van der Waals surface area contributed by atoms with E-state index in [-0.39, 0.29) is 11.9 Å². The van der Waals surface area contributed by atoms with Crippen LogP contribution in [0.15, 0.2) is 18.7 Å². The third-order valence-corrected chi connectivity index (χ3v) is 5.14. The molecule has 0 N–H and O–H groups in total. The normalized spacial score (nSPS) is 19.4. The van der Waals surface area contributed by atoms with E-state index in [0.29, 0.717) is 31.9 Å². The van der Waals surface area contributed by atoms with Gasteiger partial charge >= 0.3 is 0 Å². The summed E-state index contributed by atoms with van der Waals surface area (Å²) in [7, 11) is 1.90. The van der Waals surface area contributed by atoms with Crippen molar-refractivity contribution in [3.05, 3.63) is 35.7 Å². The van der Waals surface area contributed by atoms with Crippen LogP contribution in [0.25, 0.3) is 0 Å². The molecule has 26 heavy (non-hydrogen) atoms. The Morgan fingerprint density at radius 3 is 2.85 bits per heavy atom. The van der Waals surface area contributed by atoms with Crippen molar-refractivity contribution in [1.29, 1.82) is 0 Å². The molecule has 3 heterocycles. The Morgan fingerprint density at radius 1 is 1.27 bits per heavy atom. The van der Waals surface area contributed by atoms with Crippen LogP contribution in [-0.4, -0.2) is 55.5 Å². The highest BCUT2D eigenvalue weighted by molar-refractivity contribution is 5.77. The first-order valence-corrected chi connectivity index (χ1v) is 9.22. The number of fused-ring (bicyclic) bond motifs is 1. The lowest BCUT2D eigenvalue weighted by molar-refractivity contribution is -0.135. The van der Waals surface area contributed by atoms with Crippen LogP contribution in [0.3, 0.4) is 0 Å². The Hall–Kier alpha value is -2.35. The maximum absolute atomic E-state index is 12.9. The molecule has 2 aromatic heterocycles. The molecule has 1 atom stereocenters. The fraction of sp³-hybridized carbons (Fsp3) is 0.611. The van der Waals surface area contributed by atoms with Gasteiger partial charge in [0.2, 0.25) is 5.91 Å². The summed E-state index contributed by atoms with van der Waals surface area (Å²) < 4.78 is 7.73. The molecular formula is C18H24N6O2. The maximum atomic E-state index is 12.9. The Bertz CT molecular complexity index is 758. The van der Waals surface area contributed by atoms with E-state index < -0.39 is 0 Å². The van der Waals surface area contributed by atoms with Crippen molar-refractivity contribution in [2.45, 2.75) is 38.1 Å². The van der Waals surface area contributed by atoms with E-state index >= 15 is 0 Å². The van der Waals surface area contributed by atoms with E-state index in [0.717, 1.165) is 30.0 Å². The number of hydrogen-bond acceptors (Lipinski definition) is 6. The molecular weight excluding hydrogens is 332 g/mol. The fourth-order valence-corrected chi connectivity index (χ4v) is 3.42. The third-order valence-electron chi connectivity index (χ3n) is 5.14. The summed E-state index contributed by atoms with van der Waals surface area (Å²) in [6.07, 6.45) is 9.37. The molecule has 1 amide bonds. The van der Waals surface area contributed by atoms with Crippen molar-refractivity contribution in [1.82, 2.24) is 29.9 Å². The van der Waals surface area contributed by atoms with Gasteiger partial charge in [0.05, 0.1) is 12.3 Å². The molecule has 2 aromatic rings. The molecule has 0 bridgehead atoms. The molecule has 1 aliphatic carbocycles. The smallest absolute Gasteiger partial charge is 0.223 e. The van der Waals surface area contributed by atoms with Crippen molar-refractivity contribution in [2.75, 3.05) is 19.8 Å². The number of rotatable bonds is 7. The minimum absolute atomic E-state index is 0.116. The van der Waals surface area contributed by atoms with Gasteiger partial charge in [-0.05, 0) is 30.7 Å². The summed E-state index contributed by atoms with van der Waals surface area (Å²) >= 11 is 0. The van der Waals surface area contributed by atoms with Crippen LogP contribution in [0.5, 0.6) is 0 Å². The van der Waals surface area contributed by atoms with Gasteiger partial charge in [0.25, 0.3) is 0 Å². The Kier molecular flexibility index (Phi) is 4.92. The summed E-state index contributed by atoms with van der Waals surface area (Å²) in [5, 5.41) is 8.47. The number of aromatic nitrogens is 5. The summed E-state index contributed by atoms with van der Waals surface area (Å²) in [6, 6.07) is -0.147. The molecule has 1 saturated carbocycles. The maximum Gasteiger partial charge on any atom is 0.223 e. The topological polar surface area (TPSA) is 86.0 Å². The van der Waals surface area contributed by atoms with Gasteiger partial charge in [-0.1, -0.05) is 5.21 Å². The SMILES string of the molecule is Cn1nnc2c1CCN(C(=O)CCc1cncnc1)C2COCC1CC1. The van der Waals surface area contributed by atoms with E-state index in [1.54, 1.807) is 12.4 Å². The number of carbonyl (C=O) groups is 1. The van der Waals surface area contributed by atoms with E-state index in [1.807, 2.05) is 16.6 Å². The van der Waals surface area contributed by atoms with E-state index in [2.05, 4.69) is 20.3 Å². The van der Waals surface area contributed by atoms with E-state index in [4.69, 9.17) is 4.74 Å². The molecule has 0 saturated heterocycles. The van der Waals surface area contributed by atoms with Gasteiger partial charge in [-0.2, -0.15) is 0 Å². The quantitative estimate of drug-likeness (QED) is 0.738. The van der Waals surface area contributed by atoms with Gasteiger partial charge in [0.15, 0.2) is 0 Å². The first-order chi connectivity index (χ1) is 12.7. The summed E-state index contributed by atoms with van der Waals surface area (Å²) in [5.74, 6) is 0.812. The van der Waals surface area contributed by atoms with Gasteiger partial charge in [0, 0.05) is 45.4 Å². The van der Waals surface area contributed by atoms with Gasteiger partial charge in [-0.15, -0.1) is 5.10 Å². The third kappa shape index (κ3) is 3.75. The standard InChI is InChI=1S/C18H24N6O2/c1-23-15-6-7-24(17(25)5-4-14-8-19-12-20-9-14)16(18(15)21-22-23)11-26-10-13-2-3-13/h8-9,12-13,16H,2-7,10-11H2,1H3. The average molecular weight is 356 g/mol. The summed E-state index contributed by atoms with van der Waals surface area (Å²) in [5.41, 5.74) is 2.95. The predicted molar refractivity (Wildman–Crippen MR) is 93.1 cm³/mol. The van der Waals surface area contributed by atoms with Gasteiger partial charge in [-0.3, -0.25) is 9.48 Å². The average Bonchev–Trinajstić information content (AvgIpc) is 3.42. The number of aryl methyl sites for hydroxylation is 2. The molecule has 1 fully saturated rings. The van der Waals surface area contributed by atoms with Gasteiger partial charge < -0.3 is 9.64 Å². The summed E-state index contributed by atoms with van der Waals surface area (Å²) in [6.45, 7) is 1.94. The minimum atomic E-state index is -0.147. The lowest BCUT2D eigenvalue weighted by Gasteiger charge is -2.34. The van der Waals surface area contributed by atoms with Gasteiger partial charge in [-0.25, -0.2) is 9.97 Å². The zero-order valence-electron chi connectivity index (χ0n) is 15.0. The molecule has 8 nitrogen and oxygen atoms in total. The number of amides is 1. The molecule has 2 aliphatic rings. The molecule has 0 spiro atoms. The second-order valence-electron chi connectivity index (χ2n) is 7.13. The zero-order chi connectivity index (χ0) is 17.9. The number of ether oxygens (including phenoxy) is 1. The van der Waals surface area contributed by atoms with Crippen molar-refractivity contribution >= 4 is 5.91 Å². The number of carbonyl (C=O) groups excluding carboxylic acids is 1. The first kappa shape index (κ1) is 17.1. The van der Waals surface area contributed by atoms with Gasteiger partial charge in [0.1, 0.15) is 18.1 Å². The predicted octanol–water partition coefficient (Wildman–Crippen LogP) is 1.09. The minimum Gasteiger partial charge on any atom is -0.379 e. The summed E-state index contributed by atoms with van der Waals surface area (Å²) in [4.78, 5) is 22.8. The molecule has 8 heteroatoms. The molecule has 1 aliphatic heterocycles. The van der Waals surface area contributed by atoms with Crippen LogP contribution in [0.4, 0.5) is 0 Å². The molecule has 0 radical (unpaired) electrons. The van der Waals surface area contributed by atoms with Crippen LogP contribution in [0.1, 0.15) is 42.3 Å².